The van der Waals surface area contributed by atoms with Gasteiger partial charge < -0.3 is 4.74 Å². The van der Waals surface area contributed by atoms with Gasteiger partial charge in [-0.15, -0.1) is 11.3 Å². The van der Waals surface area contributed by atoms with Crippen LogP contribution in [0.4, 0.5) is 0 Å². The molecule has 0 saturated heterocycles. The molecule has 4 heteroatoms. The number of rotatable bonds is 4. The lowest BCUT2D eigenvalue weighted by Gasteiger charge is -2.06. The van der Waals surface area contributed by atoms with Crippen LogP contribution < -0.4 is 0 Å². The number of carbonyl (C=O) groups excluding carboxylic acids is 2. The van der Waals surface area contributed by atoms with Crippen molar-refractivity contribution in [3.05, 3.63) is 69.9 Å². The first-order valence-electron chi connectivity index (χ1n) is 6.89. The number of carbonyl (C=O) groups is 2. The molecule has 0 bridgehead atoms. The van der Waals surface area contributed by atoms with Crippen LogP contribution in [0.5, 0.6) is 0 Å². The first-order valence-corrected chi connectivity index (χ1v) is 7.71. The average molecular weight is 310 g/mol. The van der Waals surface area contributed by atoms with Crippen molar-refractivity contribution in [2.45, 2.75) is 6.92 Å². The molecule has 0 aliphatic heterocycles. The van der Waals surface area contributed by atoms with Crippen LogP contribution in [0.3, 0.4) is 0 Å². The van der Waals surface area contributed by atoms with Crippen LogP contribution in [0, 0.1) is 6.92 Å². The molecule has 0 N–H and O–H groups in total. The van der Waals surface area contributed by atoms with E-state index in [2.05, 4.69) is 0 Å². The molecule has 0 spiro atoms. The van der Waals surface area contributed by atoms with Crippen molar-refractivity contribution in [2.75, 3.05) is 6.61 Å². The van der Waals surface area contributed by atoms with Crippen LogP contribution in [-0.2, 0) is 4.74 Å². The number of hydrogen-bond donors (Lipinski definition) is 0. The van der Waals surface area contributed by atoms with Crippen molar-refractivity contribution in [3.63, 3.8) is 0 Å². The minimum Gasteiger partial charge on any atom is -0.454 e. The number of hydrogen-bond acceptors (Lipinski definition) is 4. The zero-order valence-corrected chi connectivity index (χ0v) is 12.9. The summed E-state index contributed by atoms with van der Waals surface area (Å²) in [7, 11) is 0. The van der Waals surface area contributed by atoms with E-state index in [-0.39, 0.29) is 12.4 Å². The van der Waals surface area contributed by atoms with Crippen molar-refractivity contribution >= 4 is 33.9 Å². The molecule has 110 valence electrons. The summed E-state index contributed by atoms with van der Waals surface area (Å²) in [5.74, 6) is -0.648. The van der Waals surface area contributed by atoms with E-state index >= 15 is 0 Å². The Morgan fingerprint density at radius 1 is 1.00 bits per heavy atom. The lowest BCUT2D eigenvalue weighted by Crippen LogP contribution is -2.13. The van der Waals surface area contributed by atoms with Crippen LogP contribution >= 0.6 is 11.3 Å². The van der Waals surface area contributed by atoms with Gasteiger partial charge in [0.2, 0.25) is 5.78 Å². The molecule has 2 aromatic carbocycles. The van der Waals surface area contributed by atoms with E-state index in [0.29, 0.717) is 10.4 Å². The molecule has 0 amide bonds. The highest BCUT2D eigenvalue weighted by Crippen LogP contribution is 2.20. The van der Waals surface area contributed by atoms with E-state index < -0.39 is 5.97 Å². The van der Waals surface area contributed by atoms with Gasteiger partial charge in [-0.05, 0) is 35.9 Å². The molecule has 3 rings (SSSR count). The van der Waals surface area contributed by atoms with Gasteiger partial charge in [-0.3, -0.25) is 4.79 Å². The number of ether oxygens (including phenoxy) is 1. The number of Topliss-reactive ketones (excluding diaryl/α,β-unsaturated/α-hetero) is 1. The summed E-state index contributed by atoms with van der Waals surface area (Å²) in [5.41, 5.74) is 0.480. The predicted octanol–water partition coefficient (Wildman–Crippen LogP) is 4.25. The third-order valence-electron chi connectivity index (χ3n) is 3.36. The third-order valence-corrected chi connectivity index (χ3v) is 4.40. The van der Waals surface area contributed by atoms with Gasteiger partial charge in [-0.2, -0.15) is 0 Å². The first kappa shape index (κ1) is 14.5. The van der Waals surface area contributed by atoms with Crippen LogP contribution in [0.1, 0.15) is 24.9 Å². The fraction of sp³-hybridized carbons (Fsp3) is 0.111. The fourth-order valence-corrected chi connectivity index (χ4v) is 3.06. The summed E-state index contributed by atoms with van der Waals surface area (Å²) in [6.45, 7) is 1.70. The Labute approximate surface area is 132 Å². The number of thiophene rings is 1. The lowest BCUT2D eigenvalue weighted by atomic mass is 10.1. The van der Waals surface area contributed by atoms with Crippen LogP contribution in [0.25, 0.3) is 10.8 Å². The molecule has 0 radical (unpaired) electrons. The maximum Gasteiger partial charge on any atom is 0.339 e. The maximum absolute atomic E-state index is 12.2. The Morgan fingerprint density at radius 3 is 2.55 bits per heavy atom. The highest BCUT2D eigenvalue weighted by molar-refractivity contribution is 7.14. The van der Waals surface area contributed by atoms with Crippen molar-refractivity contribution in [2.24, 2.45) is 0 Å². The van der Waals surface area contributed by atoms with Gasteiger partial charge in [0, 0.05) is 4.88 Å². The molecule has 1 aromatic heterocycles. The number of esters is 1. The second-order valence-corrected chi connectivity index (χ2v) is 6.22. The Hall–Kier alpha value is -2.46. The molecular weight excluding hydrogens is 296 g/mol. The number of fused-ring (bicyclic) bond motifs is 1. The van der Waals surface area contributed by atoms with Crippen LogP contribution in [0.2, 0.25) is 0 Å². The molecule has 0 atom stereocenters. The average Bonchev–Trinajstić information content (AvgIpc) is 2.98. The van der Waals surface area contributed by atoms with Crippen molar-refractivity contribution < 1.29 is 14.3 Å². The van der Waals surface area contributed by atoms with Gasteiger partial charge >= 0.3 is 5.97 Å². The number of ketones is 1. The fourth-order valence-electron chi connectivity index (χ4n) is 2.27. The van der Waals surface area contributed by atoms with E-state index in [1.807, 2.05) is 49.4 Å². The van der Waals surface area contributed by atoms with Gasteiger partial charge in [0.05, 0.1) is 10.4 Å². The SMILES string of the molecule is Cc1ccc(C(=O)COC(=O)c2cccc3ccccc23)s1. The number of benzene rings is 2. The standard InChI is InChI=1S/C18H14O3S/c1-12-9-10-17(22-12)16(19)11-21-18(20)15-8-4-6-13-5-2-3-7-14(13)15/h2-10H,11H2,1H3. The summed E-state index contributed by atoms with van der Waals surface area (Å²) < 4.78 is 5.18. The van der Waals surface area contributed by atoms with E-state index in [1.165, 1.54) is 11.3 Å². The first-order chi connectivity index (χ1) is 10.6. The molecule has 0 aliphatic carbocycles. The number of aryl methyl sites for hydroxylation is 1. The van der Waals surface area contributed by atoms with E-state index in [1.54, 1.807) is 12.1 Å². The molecule has 0 aliphatic rings. The Bertz CT molecular complexity index is 843. The zero-order valence-electron chi connectivity index (χ0n) is 12.0. The summed E-state index contributed by atoms with van der Waals surface area (Å²) in [5, 5.41) is 1.80. The molecule has 0 unspecified atom stereocenters. The maximum atomic E-state index is 12.2. The second kappa shape index (κ2) is 6.12. The summed E-state index contributed by atoms with van der Waals surface area (Å²) in [6.07, 6.45) is 0. The predicted molar refractivity (Wildman–Crippen MR) is 87.6 cm³/mol. The Kier molecular flexibility index (Phi) is 4.02. The molecule has 1 heterocycles. The largest absolute Gasteiger partial charge is 0.454 e. The van der Waals surface area contributed by atoms with Crippen molar-refractivity contribution in [1.82, 2.24) is 0 Å². The van der Waals surface area contributed by atoms with E-state index in [9.17, 15) is 9.59 Å². The van der Waals surface area contributed by atoms with Crippen molar-refractivity contribution in [1.29, 1.82) is 0 Å². The minimum atomic E-state index is -0.474. The summed E-state index contributed by atoms with van der Waals surface area (Å²) in [4.78, 5) is 25.9. The van der Waals surface area contributed by atoms with E-state index in [4.69, 9.17) is 4.74 Å². The molecule has 22 heavy (non-hydrogen) atoms. The third kappa shape index (κ3) is 2.92. The molecule has 0 fully saturated rings. The molecule has 3 nitrogen and oxygen atoms in total. The lowest BCUT2D eigenvalue weighted by molar-refractivity contribution is 0.0478. The highest BCUT2D eigenvalue weighted by atomic mass is 32.1. The van der Waals surface area contributed by atoms with Gasteiger partial charge in [-0.1, -0.05) is 36.4 Å². The van der Waals surface area contributed by atoms with Crippen LogP contribution in [-0.4, -0.2) is 18.4 Å². The van der Waals surface area contributed by atoms with Crippen molar-refractivity contribution in [3.8, 4) is 0 Å². The molecule has 0 saturated carbocycles. The summed E-state index contributed by atoms with van der Waals surface area (Å²) >= 11 is 1.41. The summed E-state index contributed by atoms with van der Waals surface area (Å²) in [6, 6.07) is 16.7. The second-order valence-electron chi connectivity index (χ2n) is 4.94. The molecular formula is C18H14O3S. The van der Waals surface area contributed by atoms with Gasteiger partial charge in [0.15, 0.2) is 6.61 Å². The quantitative estimate of drug-likeness (QED) is 0.534. The van der Waals surface area contributed by atoms with Gasteiger partial charge in [0.25, 0.3) is 0 Å². The smallest absolute Gasteiger partial charge is 0.339 e. The highest BCUT2D eigenvalue weighted by Gasteiger charge is 2.15. The minimum absolute atomic E-state index is 0.174. The van der Waals surface area contributed by atoms with Gasteiger partial charge in [0.1, 0.15) is 0 Å². The van der Waals surface area contributed by atoms with Crippen LogP contribution in [0.15, 0.2) is 54.6 Å². The Morgan fingerprint density at radius 2 is 1.77 bits per heavy atom. The monoisotopic (exact) mass is 310 g/mol. The zero-order chi connectivity index (χ0) is 15.5. The normalized spacial score (nSPS) is 10.6. The van der Waals surface area contributed by atoms with E-state index in [0.717, 1.165) is 15.6 Å². The topological polar surface area (TPSA) is 43.4 Å². The van der Waals surface area contributed by atoms with Gasteiger partial charge in [-0.25, -0.2) is 4.79 Å². The Balaban J connectivity index is 1.75. The molecule has 3 aromatic rings.